The number of alkyl halides is 3. The maximum atomic E-state index is 12.6. The molecule has 0 aliphatic heterocycles. The Morgan fingerprint density at radius 1 is 1.00 bits per heavy atom. The molecule has 10 heteroatoms. The van der Waals surface area contributed by atoms with Crippen LogP contribution in [0, 0.1) is 0 Å². The summed E-state index contributed by atoms with van der Waals surface area (Å²) >= 11 is 1.18. The first kappa shape index (κ1) is 20.5. The molecule has 6 nitrogen and oxygen atoms in total. The molecule has 0 aliphatic carbocycles. The van der Waals surface area contributed by atoms with Gasteiger partial charge in [0.1, 0.15) is 11.0 Å². The Hall–Kier alpha value is -3.27. The smallest absolute Gasteiger partial charge is 0.341 e. The number of nitrogens with one attached hydrogen (secondary N) is 2. The zero-order chi connectivity index (χ0) is 21.0. The maximum Gasteiger partial charge on any atom is 0.416 e. The molecule has 1 aromatic heterocycles. The molecular weight excluding hydrogens is 405 g/mol. The molecule has 2 N–H and O–H groups in total. The largest absolute Gasteiger partial charge is 0.416 e. The number of anilines is 1. The Morgan fingerprint density at radius 2 is 1.66 bits per heavy atom. The number of amides is 2. The lowest BCUT2D eigenvalue weighted by molar-refractivity contribution is -0.137. The van der Waals surface area contributed by atoms with Crippen molar-refractivity contribution in [1.29, 1.82) is 0 Å². The van der Waals surface area contributed by atoms with E-state index in [2.05, 4.69) is 20.8 Å². The zero-order valence-corrected chi connectivity index (χ0v) is 15.8. The van der Waals surface area contributed by atoms with Crippen molar-refractivity contribution in [3.8, 4) is 10.6 Å². The van der Waals surface area contributed by atoms with Gasteiger partial charge in [-0.05, 0) is 31.2 Å². The van der Waals surface area contributed by atoms with Crippen molar-refractivity contribution >= 4 is 28.3 Å². The molecule has 3 aromatic rings. The predicted octanol–water partition coefficient (Wildman–Crippen LogP) is 3.98. The summed E-state index contributed by atoms with van der Waals surface area (Å²) in [6, 6.07) is 12.1. The second-order valence-corrected chi connectivity index (χ2v) is 7.02. The monoisotopic (exact) mass is 420 g/mol. The van der Waals surface area contributed by atoms with Gasteiger partial charge in [-0.2, -0.15) is 13.2 Å². The SMILES string of the molecule is CC(NC(=O)c1ccc(C(F)(F)F)cc1)C(=O)Nc1nnc(-c2ccccc2)s1. The van der Waals surface area contributed by atoms with Crippen molar-refractivity contribution in [3.05, 3.63) is 65.7 Å². The quantitative estimate of drug-likeness (QED) is 0.654. The topological polar surface area (TPSA) is 84.0 Å². The molecule has 0 aliphatic rings. The molecule has 0 saturated carbocycles. The van der Waals surface area contributed by atoms with Crippen molar-refractivity contribution < 1.29 is 22.8 Å². The lowest BCUT2D eigenvalue weighted by Gasteiger charge is -2.13. The fourth-order valence-corrected chi connectivity index (χ4v) is 3.09. The van der Waals surface area contributed by atoms with Crippen molar-refractivity contribution in [1.82, 2.24) is 15.5 Å². The number of nitrogens with zero attached hydrogens (tertiary/aromatic N) is 2. The van der Waals surface area contributed by atoms with E-state index in [1.54, 1.807) is 0 Å². The molecule has 2 aromatic carbocycles. The van der Waals surface area contributed by atoms with Crippen LogP contribution in [0.2, 0.25) is 0 Å². The van der Waals surface area contributed by atoms with E-state index >= 15 is 0 Å². The van der Waals surface area contributed by atoms with Crippen LogP contribution in [0.4, 0.5) is 18.3 Å². The minimum Gasteiger partial charge on any atom is -0.341 e. The average Bonchev–Trinajstić information content (AvgIpc) is 3.16. The summed E-state index contributed by atoms with van der Waals surface area (Å²) in [6.07, 6.45) is -4.48. The Labute approximate surface area is 167 Å². The molecule has 0 saturated heterocycles. The van der Waals surface area contributed by atoms with E-state index in [0.29, 0.717) is 5.01 Å². The van der Waals surface area contributed by atoms with Gasteiger partial charge in [-0.25, -0.2) is 0 Å². The van der Waals surface area contributed by atoms with Crippen LogP contribution >= 0.6 is 11.3 Å². The Balaban J connectivity index is 1.59. The summed E-state index contributed by atoms with van der Waals surface area (Å²) in [5.74, 6) is -1.19. The number of rotatable bonds is 5. The van der Waals surface area contributed by atoms with E-state index in [9.17, 15) is 22.8 Å². The van der Waals surface area contributed by atoms with Crippen LogP contribution in [0.5, 0.6) is 0 Å². The third kappa shape index (κ3) is 5.17. The second kappa shape index (κ2) is 8.39. The van der Waals surface area contributed by atoms with Gasteiger partial charge in [-0.1, -0.05) is 41.7 Å². The van der Waals surface area contributed by atoms with Gasteiger partial charge in [0.05, 0.1) is 5.56 Å². The summed E-state index contributed by atoms with van der Waals surface area (Å²) in [5.41, 5.74) is 0.0133. The van der Waals surface area contributed by atoms with Gasteiger partial charge in [-0.3, -0.25) is 14.9 Å². The van der Waals surface area contributed by atoms with Gasteiger partial charge in [0.15, 0.2) is 0 Å². The molecule has 1 unspecified atom stereocenters. The first-order valence-corrected chi connectivity index (χ1v) is 9.23. The minimum absolute atomic E-state index is 0.0138. The highest BCUT2D eigenvalue weighted by Crippen LogP contribution is 2.29. The number of carbonyl (C=O) groups is 2. The van der Waals surface area contributed by atoms with Crippen molar-refractivity contribution in [2.24, 2.45) is 0 Å². The molecule has 29 heavy (non-hydrogen) atoms. The molecule has 0 bridgehead atoms. The number of benzene rings is 2. The van der Waals surface area contributed by atoms with Gasteiger partial charge in [0, 0.05) is 11.1 Å². The summed E-state index contributed by atoms with van der Waals surface area (Å²) in [4.78, 5) is 24.4. The van der Waals surface area contributed by atoms with Gasteiger partial charge in [0.2, 0.25) is 11.0 Å². The van der Waals surface area contributed by atoms with E-state index in [0.717, 1.165) is 29.8 Å². The van der Waals surface area contributed by atoms with Crippen LogP contribution in [-0.4, -0.2) is 28.1 Å². The van der Waals surface area contributed by atoms with Crippen LogP contribution < -0.4 is 10.6 Å². The molecular formula is C19H15F3N4O2S. The van der Waals surface area contributed by atoms with Crippen LogP contribution in [0.3, 0.4) is 0 Å². The van der Waals surface area contributed by atoms with E-state index in [1.807, 2.05) is 30.3 Å². The highest BCUT2D eigenvalue weighted by molar-refractivity contribution is 7.18. The number of halogens is 3. The van der Waals surface area contributed by atoms with Gasteiger partial charge in [-0.15, -0.1) is 10.2 Å². The molecule has 3 rings (SSSR count). The molecule has 150 valence electrons. The number of carbonyl (C=O) groups excluding carboxylic acids is 2. The van der Waals surface area contributed by atoms with Gasteiger partial charge < -0.3 is 5.32 Å². The standard InChI is InChI=1S/C19H15F3N4O2S/c1-11(23-16(28)12-7-9-14(10-8-12)19(20,21)22)15(27)24-18-26-25-17(29-18)13-5-3-2-4-6-13/h2-11H,1H3,(H,23,28)(H,24,26,27). The first-order chi connectivity index (χ1) is 13.7. The highest BCUT2D eigenvalue weighted by Gasteiger charge is 2.30. The van der Waals surface area contributed by atoms with Gasteiger partial charge >= 0.3 is 6.18 Å². The van der Waals surface area contributed by atoms with Crippen molar-refractivity contribution in [3.63, 3.8) is 0 Å². The number of hydrogen-bond acceptors (Lipinski definition) is 5. The molecule has 2 amide bonds. The summed E-state index contributed by atoms with van der Waals surface area (Å²) in [7, 11) is 0. The summed E-state index contributed by atoms with van der Waals surface area (Å²) in [6.45, 7) is 1.45. The van der Waals surface area contributed by atoms with Crippen LogP contribution in [0.25, 0.3) is 10.6 Å². The Morgan fingerprint density at radius 3 is 2.28 bits per heavy atom. The molecule has 1 heterocycles. The van der Waals surface area contributed by atoms with Crippen LogP contribution in [-0.2, 0) is 11.0 Å². The Kier molecular flexibility index (Phi) is 5.92. The minimum atomic E-state index is -4.48. The number of aromatic nitrogens is 2. The molecule has 0 radical (unpaired) electrons. The normalized spacial score (nSPS) is 12.3. The molecule has 0 spiro atoms. The summed E-state index contributed by atoms with van der Waals surface area (Å²) < 4.78 is 37.8. The zero-order valence-electron chi connectivity index (χ0n) is 15.0. The lowest BCUT2D eigenvalue weighted by Crippen LogP contribution is -2.41. The third-order valence-electron chi connectivity index (χ3n) is 3.89. The molecule has 0 fully saturated rings. The van der Waals surface area contributed by atoms with E-state index < -0.39 is 29.6 Å². The van der Waals surface area contributed by atoms with Crippen LogP contribution in [0.1, 0.15) is 22.8 Å². The lowest BCUT2D eigenvalue weighted by atomic mass is 10.1. The van der Waals surface area contributed by atoms with E-state index in [1.165, 1.54) is 18.3 Å². The predicted molar refractivity (Wildman–Crippen MR) is 102 cm³/mol. The van der Waals surface area contributed by atoms with Crippen molar-refractivity contribution in [2.75, 3.05) is 5.32 Å². The second-order valence-electron chi connectivity index (χ2n) is 6.04. The fraction of sp³-hybridized carbons (Fsp3) is 0.158. The Bertz CT molecular complexity index is 1000. The summed E-state index contributed by atoms with van der Waals surface area (Å²) in [5, 5.41) is 13.8. The number of hydrogen-bond donors (Lipinski definition) is 2. The van der Waals surface area contributed by atoms with E-state index in [-0.39, 0.29) is 10.7 Å². The van der Waals surface area contributed by atoms with Gasteiger partial charge in [0.25, 0.3) is 5.91 Å². The fourth-order valence-electron chi connectivity index (χ4n) is 2.34. The highest BCUT2D eigenvalue weighted by atomic mass is 32.1. The average molecular weight is 420 g/mol. The van der Waals surface area contributed by atoms with Crippen LogP contribution in [0.15, 0.2) is 54.6 Å². The molecule has 1 atom stereocenters. The third-order valence-corrected chi connectivity index (χ3v) is 4.78. The maximum absolute atomic E-state index is 12.6. The van der Waals surface area contributed by atoms with Crippen molar-refractivity contribution in [2.45, 2.75) is 19.1 Å². The first-order valence-electron chi connectivity index (χ1n) is 8.42. The van der Waals surface area contributed by atoms with E-state index in [4.69, 9.17) is 0 Å².